The Morgan fingerprint density at radius 2 is 1.78 bits per heavy atom. The number of fused-ring (bicyclic) bond motifs is 1. The molecule has 0 aromatic heterocycles. The van der Waals surface area contributed by atoms with Crippen LogP contribution in [0, 0.1) is 5.92 Å². The first-order valence-corrected chi connectivity index (χ1v) is 6.49. The lowest BCUT2D eigenvalue weighted by molar-refractivity contribution is 0.270. The van der Waals surface area contributed by atoms with Crippen molar-refractivity contribution in [2.24, 2.45) is 11.7 Å². The molecule has 0 unspecified atom stereocenters. The van der Waals surface area contributed by atoms with Gasteiger partial charge in [-0.2, -0.15) is 0 Å². The van der Waals surface area contributed by atoms with Crippen LogP contribution in [0.15, 0.2) is 36.4 Å². The topological polar surface area (TPSA) is 35.2 Å². The molecule has 0 aliphatic heterocycles. The molecule has 2 nitrogen and oxygen atoms in total. The fourth-order valence-corrected chi connectivity index (χ4v) is 2.03. The average Bonchev–Trinajstić information content (AvgIpc) is 2.35. The van der Waals surface area contributed by atoms with Gasteiger partial charge in [-0.25, -0.2) is 0 Å². The molecular weight excluding hydrogens is 222 g/mol. The molecule has 0 heterocycles. The van der Waals surface area contributed by atoms with E-state index in [-0.39, 0.29) is 6.04 Å². The molecule has 2 aromatic carbocycles. The van der Waals surface area contributed by atoms with Crippen LogP contribution in [0.1, 0.15) is 32.4 Å². The molecule has 2 heteroatoms. The Hall–Kier alpha value is -1.54. The van der Waals surface area contributed by atoms with Crippen LogP contribution in [-0.4, -0.2) is 6.61 Å². The van der Waals surface area contributed by atoms with E-state index in [9.17, 15) is 0 Å². The zero-order valence-electron chi connectivity index (χ0n) is 11.3. The summed E-state index contributed by atoms with van der Waals surface area (Å²) >= 11 is 0. The van der Waals surface area contributed by atoms with Gasteiger partial charge in [0.2, 0.25) is 0 Å². The van der Waals surface area contributed by atoms with E-state index in [4.69, 9.17) is 10.5 Å². The van der Waals surface area contributed by atoms with Gasteiger partial charge >= 0.3 is 0 Å². The van der Waals surface area contributed by atoms with Crippen LogP contribution in [0.5, 0.6) is 5.75 Å². The molecule has 0 saturated carbocycles. The van der Waals surface area contributed by atoms with Crippen molar-refractivity contribution >= 4 is 10.8 Å². The van der Waals surface area contributed by atoms with E-state index in [0.29, 0.717) is 12.5 Å². The van der Waals surface area contributed by atoms with Crippen LogP contribution in [0.3, 0.4) is 0 Å². The van der Waals surface area contributed by atoms with E-state index < -0.39 is 0 Å². The van der Waals surface area contributed by atoms with Crippen molar-refractivity contribution in [2.75, 3.05) is 6.61 Å². The number of hydrogen-bond acceptors (Lipinski definition) is 2. The van der Waals surface area contributed by atoms with Gasteiger partial charge in [0, 0.05) is 17.0 Å². The summed E-state index contributed by atoms with van der Waals surface area (Å²) in [7, 11) is 0. The van der Waals surface area contributed by atoms with Crippen molar-refractivity contribution in [3.63, 3.8) is 0 Å². The third-order valence-electron chi connectivity index (χ3n) is 2.96. The highest BCUT2D eigenvalue weighted by Crippen LogP contribution is 2.33. The number of nitrogens with two attached hydrogens (primary N) is 1. The summed E-state index contributed by atoms with van der Waals surface area (Å²) in [5, 5.41) is 2.34. The molecule has 0 amide bonds. The minimum atomic E-state index is -0.0169. The van der Waals surface area contributed by atoms with E-state index >= 15 is 0 Å². The summed E-state index contributed by atoms with van der Waals surface area (Å²) in [6, 6.07) is 12.4. The predicted octanol–water partition coefficient (Wildman–Crippen LogP) is 3.89. The lowest BCUT2D eigenvalue weighted by atomic mass is 10.0. The number of rotatable bonds is 4. The van der Waals surface area contributed by atoms with Gasteiger partial charge in [0.05, 0.1) is 6.61 Å². The Balaban J connectivity index is 2.52. The van der Waals surface area contributed by atoms with E-state index in [1.165, 1.54) is 5.39 Å². The maximum absolute atomic E-state index is 6.03. The number of hydrogen-bond donors (Lipinski definition) is 1. The van der Waals surface area contributed by atoms with E-state index in [2.05, 4.69) is 38.1 Å². The largest absolute Gasteiger partial charge is 0.492 e. The van der Waals surface area contributed by atoms with Crippen molar-refractivity contribution in [2.45, 2.75) is 26.8 Å². The highest BCUT2D eigenvalue weighted by atomic mass is 16.5. The molecule has 2 rings (SSSR count). The molecule has 0 radical (unpaired) electrons. The van der Waals surface area contributed by atoms with Gasteiger partial charge in [-0.05, 0) is 18.2 Å². The SMILES string of the molecule is CC(C)COc1c([C@@H](C)N)ccc2ccccc12. The summed E-state index contributed by atoms with van der Waals surface area (Å²) < 4.78 is 5.99. The molecule has 18 heavy (non-hydrogen) atoms. The van der Waals surface area contributed by atoms with Crippen LogP contribution in [0.25, 0.3) is 10.8 Å². The second-order valence-corrected chi connectivity index (χ2v) is 5.20. The first-order valence-electron chi connectivity index (χ1n) is 6.49. The molecule has 2 aromatic rings. The minimum absolute atomic E-state index is 0.0169. The second kappa shape index (κ2) is 5.40. The third-order valence-corrected chi connectivity index (χ3v) is 2.96. The first-order chi connectivity index (χ1) is 8.59. The minimum Gasteiger partial charge on any atom is -0.492 e. The third kappa shape index (κ3) is 2.65. The second-order valence-electron chi connectivity index (χ2n) is 5.20. The molecule has 0 aliphatic carbocycles. The summed E-state index contributed by atoms with van der Waals surface area (Å²) in [5.74, 6) is 1.45. The normalized spacial score (nSPS) is 12.9. The Kier molecular flexibility index (Phi) is 3.87. The van der Waals surface area contributed by atoms with E-state index in [1.807, 2.05) is 19.1 Å². The molecule has 0 saturated heterocycles. The summed E-state index contributed by atoms with van der Waals surface area (Å²) in [6.07, 6.45) is 0. The van der Waals surface area contributed by atoms with Gasteiger partial charge in [-0.3, -0.25) is 0 Å². The Morgan fingerprint density at radius 3 is 2.44 bits per heavy atom. The predicted molar refractivity (Wildman–Crippen MR) is 76.9 cm³/mol. The van der Waals surface area contributed by atoms with Crippen molar-refractivity contribution < 1.29 is 4.74 Å². The molecule has 2 N–H and O–H groups in total. The summed E-state index contributed by atoms with van der Waals surface area (Å²) in [6.45, 7) is 7.01. The van der Waals surface area contributed by atoms with Crippen molar-refractivity contribution in [3.05, 3.63) is 42.0 Å². The number of benzene rings is 2. The highest BCUT2D eigenvalue weighted by molar-refractivity contribution is 5.89. The van der Waals surface area contributed by atoms with Crippen LogP contribution in [0.2, 0.25) is 0 Å². The number of ether oxygens (including phenoxy) is 1. The maximum Gasteiger partial charge on any atom is 0.131 e. The Labute approximate surface area is 109 Å². The van der Waals surface area contributed by atoms with Gasteiger partial charge in [0.15, 0.2) is 0 Å². The standard InChI is InChI=1S/C16H21NO/c1-11(2)10-18-16-14(12(3)17)9-8-13-6-4-5-7-15(13)16/h4-9,11-12H,10,17H2,1-3H3/t12-/m1/s1. The molecule has 0 aliphatic rings. The van der Waals surface area contributed by atoms with Crippen LogP contribution in [-0.2, 0) is 0 Å². The smallest absolute Gasteiger partial charge is 0.131 e. The molecule has 96 valence electrons. The zero-order chi connectivity index (χ0) is 13.1. The lowest BCUT2D eigenvalue weighted by Crippen LogP contribution is -2.11. The van der Waals surface area contributed by atoms with Gasteiger partial charge in [-0.1, -0.05) is 50.2 Å². The van der Waals surface area contributed by atoms with Crippen molar-refractivity contribution in [1.82, 2.24) is 0 Å². The van der Waals surface area contributed by atoms with Gasteiger partial charge < -0.3 is 10.5 Å². The first kappa shape index (κ1) is 12.9. The van der Waals surface area contributed by atoms with Gasteiger partial charge in [0.25, 0.3) is 0 Å². The Bertz CT molecular complexity index is 532. The van der Waals surface area contributed by atoms with E-state index in [0.717, 1.165) is 16.7 Å². The fraction of sp³-hybridized carbons (Fsp3) is 0.375. The van der Waals surface area contributed by atoms with E-state index in [1.54, 1.807) is 0 Å². The van der Waals surface area contributed by atoms with Crippen molar-refractivity contribution in [3.8, 4) is 5.75 Å². The molecule has 1 atom stereocenters. The summed E-state index contributed by atoms with van der Waals surface area (Å²) in [4.78, 5) is 0. The molecule has 0 spiro atoms. The monoisotopic (exact) mass is 243 g/mol. The van der Waals surface area contributed by atoms with Gasteiger partial charge in [-0.15, -0.1) is 0 Å². The highest BCUT2D eigenvalue weighted by Gasteiger charge is 2.12. The maximum atomic E-state index is 6.03. The van der Waals surface area contributed by atoms with Crippen LogP contribution in [0.4, 0.5) is 0 Å². The Morgan fingerprint density at radius 1 is 1.06 bits per heavy atom. The van der Waals surface area contributed by atoms with Crippen LogP contribution < -0.4 is 10.5 Å². The van der Waals surface area contributed by atoms with Crippen LogP contribution >= 0.6 is 0 Å². The van der Waals surface area contributed by atoms with Gasteiger partial charge in [0.1, 0.15) is 5.75 Å². The quantitative estimate of drug-likeness (QED) is 0.884. The molecule has 0 bridgehead atoms. The summed E-state index contributed by atoms with van der Waals surface area (Å²) in [5.41, 5.74) is 7.11. The average molecular weight is 243 g/mol. The molecule has 0 fully saturated rings. The zero-order valence-corrected chi connectivity index (χ0v) is 11.3. The fourth-order valence-electron chi connectivity index (χ4n) is 2.03. The lowest BCUT2D eigenvalue weighted by Gasteiger charge is -2.17. The van der Waals surface area contributed by atoms with Crippen molar-refractivity contribution in [1.29, 1.82) is 0 Å². The molecular formula is C16H21NO.